The van der Waals surface area contributed by atoms with E-state index in [-0.39, 0.29) is 0 Å². The molecular formula is C5H15N3. The van der Waals surface area contributed by atoms with Crippen molar-refractivity contribution in [3.63, 3.8) is 0 Å². The fourth-order valence-corrected chi connectivity index (χ4v) is 0.875. The first-order valence-corrected chi connectivity index (χ1v) is 2.91. The molecule has 0 spiro atoms. The van der Waals surface area contributed by atoms with Gasteiger partial charge in [0.1, 0.15) is 0 Å². The highest BCUT2D eigenvalue weighted by molar-refractivity contribution is 4.59. The van der Waals surface area contributed by atoms with E-state index in [9.17, 15) is 0 Å². The van der Waals surface area contributed by atoms with E-state index in [1.54, 1.807) is 0 Å². The van der Waals surface area contributed by atoms with E-state index in [1.165, 1.54) is 25.9 Å². The average molecular weight is 117 g/mol. The number of hydrogen-bond donors (Lipinski definition) is 2. The molecule has 0 aliphatic carbocycles. The van der Waals surface area contributed by atoms with Crippen molar-refractivity contribution in [3.8, 4) is 0 Å². The van der Waals surface area contributed by atoms with Gasteiger partial charge in [-0.1, -0.05) is 0 Å². The van der Waals surface area contributed by atoms with Gasteiger partial charge in [0.25, 0.3) is 0 Å². The van der Waals surface area contributed by atoms with Crippen LogP contribution in [0.1, 0.15) is 12.8 Å². The van der Waals surface area contributed by atoms with Crippen molar-refractivity contribution in [1.82, 2.24) is 4.90 Å². The van der Waals surface area contributed by atoms with Crippen molar-refractivity contribution < 1.29 is 0 Å². The lowest BCUT2D eigenvalue weighted by Crippen LogP contribution is -2.10. The Morgan fingerprint density at radius 3 is 1.62 bits per heavy atom. The predicted octanol–water partition coefficient (Wildman–Crippen LogP) is -0.469. The van der Waals surface area contributed by atoms with Crippen LogP contribution in [0.15, 0.2) is 0 Å². The third kappa shape index (κ3) is 2.96. The molecule has 0 atom stereocenters. The van der Waals surface area contributed by atoms with Crippen molar-refractivity contribution in [3.05, 3.63) is 0 Å². The summed E-state index contributed by atoms with van der Waals surface area (Å²) in [7, 11) is 2.17. The molecule has 0 aromatic rings. The van der Waals surface area contributed by atoms with E-state index < -0.39 is 0 Å². The first-order chi connectivity index (χ1) is 3.89. The highest BCUT2D eigenvalue weighted by Crippen LogP contribution is 2.01. The number of nitrogens with zero attached hydrogens (tertiary/aromatic N) is 1. The van der Waals surface area contributed by atoms with E-state index in [2.05, 4.69) is 23.6 Å². The monoisotopic (exact) mass is 117 g/mol. The summed E-state index contributed by atoms with van der Waals surface area (Å²) in [6, 6.07) is 0. The van der Waals surface area contributed by atoms with E-state index in [1.807, 2.05) is 0 Å². The largest absolute Gasteiger partial charge is 0.306 e. The Morgan fingerprint density at radius 2 is 1.50 bits per heavy atom. The molecule has 0 unspecified atom stereocenters. The molecule has 1 rings (SSSR count). The Balaban J connectivity index is 0.000000222. The van der Waals surface area contributed by atoms with Crippen LogP contribution in [0.4, 0.5) is 0 Å². The van der Waals surface area contributed by atoms with Crippen LogP contribution >= 0.6 is 0 Å². The SMILES string of the molecule is CN1CCCC1.NN. The van der Waals surface area contributed by atoms with Crippen LogP contribution in [-0.4, -0.2) is 25.0 Å². The first-order valence-electron chi connectivity index (χ1n) is 2.91. The predicted molar refractivity (Wildman–Crippen MR) is 35.1 cm³/mol. The third-order valence-electron chi connectivity index (χ3n) is 1.33. The van der Waals surface area contributed by atoms with Crippen LogP contribution in [0.2, 0.25) is 0 Å². The van der Waals surface area contributed by atoms with E-state index in [0.717, 1.165) is 0 Å². The molecule has 8 heavy (non-hydrogen) atoms. The highest BCUT2D eigenvalue weighted by Gasteiger charge is 2.03. The quantitative estimate of drug-likeness (QED) is 0.333. The molecule has 0 aromatic heterocycles. The lowest BCUT2D eigenvalue weighted by atomic mass is 10.4. The molecule has 0 aromatic carbocycles. The topological polar surface area (TPSA) is 55.3 Å². The molecule has 3 nitrogen and oxygen atoms in total. The maximum Gasteiger partial charge on any atom is -0.00213 e. The highest BCUT2D eigenvalue weighted by atomic mass is 15.1. The second-order valence-corrected chi connectivity index (χ2v) is 2.01. The van der Waals surface area contributed by atoms with Crippen molar-refractivity contribution in [2.45, 2.75) is 12.8 Å². The third-order valence-corrected chi connectivity index (χ3v) is 1.33. The minimum absolute atomic E-state index is 1.32. The van der Waals surface area contributed by atoms with Crippen LogP contribution in [0.3, 0.4) is 0 Å². The van der Waals surface area contributed by atoms with Gasteiger partial charge in [-0.05, 0) is 33.0 Å². The second-order valence-electron chi connectivity index (χ2n) is 2.01. The smallest absolute Gasteiger partial charge is 0.00213 e. The number of nitrogens with two attached hydrogens (primary N) is 2. The summed E-state index contributed by atoms with van der Waals surface area (Å²) in [5.41, 5.74) is 0. The molecule has 0 radical (unpaired) electrons. The summed E-state index contributed by atoms with van der Waals surface area (Å²) >= 11 is 0. The van der Waals surface area contributed by atoms with E-state index in [0.29, 0.717) is 0 Å². The van der Waals surface area contributed by atoms with Gasteiger partial charge < -0.3 is 4.90 Å². The summed E-state index contributed by atoms with van der Waals surface area (Å²) in [4.78, 5) is 2.36. The lowest BCUT2D eigenvalue weighted by Gasteiger charge is -2.01. The molecule has 0 amide bonds. The van der Waals surface area contributed by atoms with Crippen LogP contribution in [-0.2, 0) is 0 Å². The molecule has 1 aliphatic heterocycles. The summed E-state index contributed by atoms with van der Waals surface area (Å²) in [5.74, 6) is 8.00. The van der Waals surface area contributed by atoms with Gasteiger partial charge in [0.2, 0.25) is 0 Å². The van der Waals surface area contributed by atoms with Crippen LogP contribution in [0.5, 0.6) is 0 Å². The molecular weight excluding hydrogens is 102 g/mol. The number of likely N-dealkylation sites (tertiary alicyclic amines) is 1. The Hall–Kier alpha value is -0.120. The van der Waals surface area contributed by atoms with Crippen molar-refractivity contribution >= 4 is 0 Å². The molecule has 1 heterocycles. The summed E-state index contributed by atoms with van der Waals surface area (Å²) in [5, 5.41) is 0. The molecule has 0 saturated carbocycles. The first kappa shape index (κ1) is 7.88. The molecule has 1 fully saturated rings. The van der Waals surface area contributed by atoms with Gasteiger partial charge in [-0.15, -0.1) is 0 Å². The van der Waals surface area contributed by atoms with Gasteiger partial charge in [-0.3, -0.25) is 11.7 Å². The Morgan fingerprint density at radius 1 is 1.12 bits per heavy atom. The molecule has 50 valence electrons. The van der Waals surface area contributed by atoms with Crippen molar-refractivity contribution in [2.24, 2.45) is 11.7 Å². The fraction of sp³-hybridized carbons (Fsp3) is 1.00. The normalized spacial score (nSPS) is 19.9. The van der Waals surface area contributed by atoms with Crippen molar-refractivity contribution in [1.29, 1.82) is 0 Å². The van der Waals surface area contributed by atoms with Gasteiger partial charge in [0.15, 0.2) is 0 Å². The lowest BCUT2D eigenvalue weighted by molar-refractivity contribution is 0.418. The maximum atomic E-state index is 4.00. The number of hydrogen-bond acceptors (Lipinski definition) is 3. The molecule has 4 N–H and O–H groups in total. The summed E-state index contributed by atoms with van der Waals surface area (Å²) < 4.78 is 0. The summed E-state index contributed by atoms with van der Waals surface area (Å²) in [6.45, 7) is 2.64. The number of rotatable bonds is 0. The summed E-state index contributed by atoms with van der Waals surface area (Å²) in [6.07, 6.45) is 2.83. The van der Waals surface area contributed by atoms with Crippen LogP contribution < -0.4 is 11.7 Å². The minimum atomic E-state index is 1.32. The zero-order chi connectivity index (χ0) is 6.41. The zero-order valence-electron chi connectivity index (χ0n) is 5.43. The standard InChI is InChI=1S/C5H11N.H4N2/c1-6-4-2-3-5-6;1-2/h2-5H2,1H3;1-2H2. The van der Waals surface area contributed by atoms with Gasteiger partial charge >= 0.3 is 0 Å². The molecule has 1 saturated heterocycles. The van der Waals surface area contributed by atoms with Crippen LogP contribution in [0, 0.1) is 0 Å². The van der Waals surface area contributed by atoms with E-state index in [4.69, 9.17) is 0 Å². The minimum Gasteiger partial charge on any atom is -0.306 e. The zero-order valence-corrected chi connectivity index (χ0v) is 5.43. The van der Waals surface area contributed by atoms with Gasteiger partial charge in [-0.25, -0.2) is 0 Å². The van der Waals surface area contributed by atoms with Gasteiger partial charge in [0.05, 0.1) is 0 Å². The average Bonchev–Trinajstić information content (AvgIpc) is 2.24. The Kier molecular flexibility index (Phi) is 4.95. The Bertz CT molecular complexity index is 40.9. The van der Waals surface area contributed by atoms with Gasteiger partial charge in [-0.2, -0.15) is 0 Å². The van der Waals surface area contributed by atoms with Gasteiger partial charge in [0, 0.05) is 0 Å². The Labute approximate surface area is 50.6 Å². The van der Waals surface area contributed by atoms with E-state index >= 15 is 0 Å². The maximum absolute atomic E-state index is 4.00. The molecule has 1 aliphatic rings. The second kappa shape index (κ2) is 5.03. The van der Waals surface area contributed by atoms with Crippen molar-refractivity contribution in [2.75, 3.05) is 20.1 Å². The molecule has 0 bridgehead atoms. The number of hydrazine groups is 1. The fourth-order valence-electron chi connectivity index (χ4n) is 0.875. The van der Waals surface area contributed by atoms with Crippen LogP contribution in [0.25, 0.3) is 0 Å². The molecule has 3 heteroatoms.